The molecule has 1 heterocycles. The molecule has 0 aliphatic carbocycles. The predicted octanol–water partition coefficient (Wildman–Crippen LogP) is 3.03. The lowest BCUT2D eigenvalue weighted by molar-refractivity contribution is -0.121. The first-order valence-electron chi connectivity index (χ1n) is 8.06. The van der Waals surface area contributed by atoms with E-state index in [2.05, 4.69) is 20.8 Å². The van der Waals surface area contributed by atoms with Crippen molar-refractivity contribution >= 4 is 29.2 Å². The molecule has 0 unspecified atom stereocenters. The van der Waals surface area contributed by atoms with Gasteiger partial charge in [-0.25, -0.2) is 10.1 Å². The third-order valence-electron chi connectivity index (χ3n) is 3.62. The lowest BCUT2D eigenvalue weighted by Gasteiger charge is -2.01. The van der Waals surface area contributed by atoms with Gasteiger partial charge in [0.15, 0.2) is 0 Å². The molecule has 0 saturated carbocycles. The van der Waals surface area contributed by atoms with Crippen LogP contribution in [0.4, 0.5) is 0 Å². The molecule has 0 bridgehead atoms. The van der Waals surface area contributed by atoms with Crippen molar-refractivity contribution in [3.8, 4) is 0 Å². The van der Waals surface area contributed by atoms with Crippen LogP contribution in [-0.4, -0.2) is 27.1 Å². The Balaban J connectivity index is 1.50. The minimum atomic E-state index is -0.164. The summed E-state index contributed by atoms with van der Waals surface area (Å²) in [5, 5.41) is 12.1. The lowest BCUT2D eigenvalue weighted by Crippen LogP contribution is -2.19. The van der Waals surface area contributed by atoms with E-state index < -0.39 is 0 Å². The molecule has 6 nitrogen and oxygen atoms in total. The number of allylic oxidation sites excluding steroid dienone is 1. The van der Waals surface area contributed by atoms with Crippen LogP contribution in [0.25, 0.3) is 17.1 Å². The molecule has 6 heteroatoms. The first-order chi connectivity index (χ1) is 12.2. The molecule has 0 radical (unpaired) electrons. The first-order valence-corrected chi connectivity index (χ1v) is 8.06. The maximum atomic E-state index is 11.9. The van der Waals surface area contributed by atoms with E-state index in [1.54, 1.807) is 10.9 Å². The number of carbonyl (C=O) groups excluding carboxylic acids is 1. The highest BCUT2D eigenvalue weighted by atomic mass is 16.2. The molecule has 126 valence electrons. The molecule has 0 atom stereocenters. The molecule has 1 amide bonds. The Morgan fingerprint density at radius 1 is 1.16 bits per heavy atom. The number of nitrogens with zero attached hydrogens (tertiary/aromatic N) is 4. The van der Waals surface area contributed by atoms with E-state index in [9.17, 15) is 4.79 Å². The van der Waals surface area contributed by atoms with Crippen LogP contribution in [0.5, 0.6) is 0 Å². The van der Waals surface area contributed by atoms with Crippen molar-refractivity contribution in [1.29, 1.82) is 0 Å². The Bertz CT molecular complexity index is 912. The van der Waals surface area contributed by atoms with Gasteiger partial charge in [0, 0.05) is 6.42 Å². The fourth-order valence-corrected chi connectivity index (χ4v) is 2.40. The van der Waals surface area contributed by atoms with E-state index in [1.807, 2.05) is 67.6 Å². The number of hydrogen-bond acceptors (Lipinski definition) is 4. The SMILES string of the molecule is C/C(C=NNC(=O)CCn1nnc2ccccc21)=C\c1ccccc1. The molecule has 0 fully saturated rings. The van der Waals surface area contributed by atoms with Gasteiger partial charge in [0.2, 0.25) is 5.91 Å². The highest BCUT2D eigenvalue weighted by Gasteiger charge is 2.05. The third kappa shape index (κ3) is 4.60. The third-order valence-corrected chi connectivity index (χ3v) is 3.62. The second kappa shape index (κ2) is 8.01. The number of amides is 1. The number of hydrogen-bond donors (Lipinski definition) is 1. The number of aromatic nitrogens is 3. The zero-order valence-electron chi connectivity index (χ0n) is 14.0. The summed E-state index contributed by atoms with van der Waals surface area (Å²) < 4.78 is 1.72. The van der Waals surface area contributed by atoms with Crippen molar-refractivity contribution in [3.63, 3.8) is 0 Å². The lowest BCUT2D eigenvalue weighted by atomic mass is 10.1. The van der Waals surface area contributed by atoms with E-state index in [0.29, 0.717) is 6.54 Å². The van der Waals surface area contributed by atoms with Crippen LogP contribution in [0.3, 0.4) is 0 Å². The number of aryl methyl sites for hydroxylation is 1. The molecular formula is C19H19N5O. The van der Waals surface area contributed by atoms with Gasteiger partial charge in [-0.15, -0.1) is 5.10 Å². The molecule has 1 aromatic heterocycles. The number of para-hydroxylation sites is 1. The summed E-state index contributed by atoms with van der Waals surface area (Å²) in [6, 6.07) is 17.6. The number of fused-ring (bicyclic) bond motifs is 1. The van der Waals surface area contributed by atoms with Gasteiger partial charge in [-0.1, -0.05) is 53.8 Å². The summed E-state index contributed by atoms with van der Waals surface area (Å²) in [4.78, 5) is 11.9. The first kappa shape index (κ1) is 16.6. The zero-order valence-corrected chi connectivity index (χ0v) is 14.0. The van der Waals surface area contributed by atoms with Gasteiger partial charge in [0.05, 0.1) is 18.3 Å². The maximum Gasteiger partial charge on any atom is 0.241 e. The molecule has 0 spiro atoms. The van der Waals surface area contributed by atoms with Gasteiger partial charge in [-0.3, -0.25) is 4.79 Å². The summed E-state index contributed by atoms with van der Waals surface area (Å²) in [5.74, 6) is -0.164. The molecule has 25 heavy (non-hydrogen) atoms. The summed E-state index contributed by atoms with van der Waals surface area (Å²) in [5.41, 5.74) is 6.32. The number of nitrogens with one attached hydrogen (secondary N) is 1. The van der Waals surface area contributed by atoms with Gasteiger partial charge < -0.3 is 0 Å². The second-order valence-corrected chi connectivity index (χ2v) is 5.64. The van der Waals surface area contributed by atoms with Crippen molar-refractivity contribution in [2.24, 2.45) is 5.10 Å². The Morgan fingerprint density at radius 2 is 1.92 bits per heavy atom. The van der Waals surface area contributed by atoms with Gasteiger partial charge in [0.1, 0.15) is 5.52 Å². The fraction of sp³-hybridized carbons (Fsp3) is 0.158. The van der Waals surface area contributed by atoms with Gasteiger partial charge in [-0.2, -0.15) is 5.10 Å². The number of benzene rings is 2. The number of rotatable bonds is 6. The molecule has 3 rings (SSSR count). The Labute approximate surface area is 145 Å². The van der Waals surface area contributed by atoms with Crippen LogP contribution < -0.4 is 5.43 Å². The van der Waals surface area contributed by atoms with Gasteiger partial charge >= 0.3 is 0 Å². The van der Waals surface area contributed by atoms with Crippen LogP contribution in [-0.2, 0) is 11.3 Å². The van der Waals surface area contributed by atoms with Crippen LogP contribution >= 0.6 is 0 Å². The standard InChI is InChI=1S/C19H19N5O/c1-15(13-16-7-3-2-4-8-16)14-20-22-19(25)11-12-24-18-10-6-5-9-17(18)21-23-24/h2-10,13-14H,11-12H2,1H3,(H,22,25)/b15-13+,20-14?. The Kier molecular flexibility index (Phi) is 5.31. The molecular weight excluding hydrogens is 314 g/mol. The van der Waals surface area contributed by atoms with Crippen molar-refractivity contribution in [1.82, 2.24) is 20.4 Å². The molecule has 0 aliphatic heterocycles. The highest BCUT2D eigenvalue weighted by molar-refractivity contribution is 5.86. The monoisotopic (exact) mass is 333 g/mol. The Hall–Kier alpha value is -3.28. The summed E-state index contributed by atoms with van der Waals surface area (Å²) >= 11 is 0. The zero-order chi connectivity index (χ0) is 17.5. The van der Waals surface area contributed by atoms with E-state index >= 15 is 0 Å². The minimum Gasteiger partial charge on any atom is -0.273 e. The molecule has 0 saturated heterocycles. The van der Waals surface area contributed by atoms with Crippen LogP contribution in [0.2, 0.25) is 0 Å². The van der Waals surface area contributed by atoms with Crippen molar-refractivity contribution in [2.75, 3.05) is 0 Å². The Morgan fingerprint density at radius 3 is 2.76 bits per heavy atom. The smallest absolute Gasteiger partial charge is 0.241 e. The summed E-state index contributed by atoms with van der Waals surface area (Å²) in [6.07, 6.45) is 3.92. The van der Waals surface area contributed by atoms with E-state index in [0.717, 1.165) is 22.2 Å². The van der Waals surface area contributed by atoms with Gasteiger partial charge in [0.25, 0.3) is 0 Å². The van der Waals surface area contributed by atoms with E-state index in [-0.39, 0.29) is 12.3 Å². The molecule has 3 aromatic rings. The van der Waals surface area contributed by atoms with Crippen molar-refractivity contribution in [3.05, 3.63) is 65.7 Å². The predicted molar refractivity (Wildman–Crippen MR) is 98.9 cm³/mol. The fourth-order valence-electron chi connectivity index (χ4n) is 2.40. The summed E-state index contributed by atoms with van der Waals surface area (Å²) in [6.45, 7) is 2.39. The van der Waals surface area contributed by atoms with Gasteiger partial charge in [-0.05, 0) is 30.2 Å². The number of hydrazone groups is 1. The molecule has 2 aromatic carbocycles. The van der Waals surface area contributed by atoms with Crippen LogP contribution in [0.1, 0.15) is 18.9 Å². The maximum absolute atomic E-state index is 11.9. The van der Waals surface area contributed by atoms with Crippen molar-refractivity contribution in [2.45, 2.75) is 19.9 Å². The average molecular weight is 333 g/mol. The van der Waals surface area contributed by atoms with E-state index in [4.69, 9.17) is 0 Å². The van der Waals surface area contributed by atoms with Crippen LogP contribution in [0, 0.1) is 0 Å². The number of carbonyl (C=O) groups is 1. The second-order valence-electron chi connectivity index (χ2n) is 5.64. The normalized spacial score (nSPS) is 12.0. The molecule has 0 aliphatic rings. The largest absolute Gasteiger partial charge is 0.273 e. The quantitative estimate of drug-likeness (QED) is 0.557. The van der Waals surface area contributed by atoms with Crippen molar-refractivity contribution < 1.29 is 4.79 Å². The summed E-state index contributed by atoms with van der Waals surface area (Å²) in [7, 11) is 0. The van der Waals surface area contributed by atoms with E-state index in [1.165, 1.54) is 0 Å². The van der Waals surface area contributed by atoms with Crippen LogP contribution in [0.15, 0.2) is 65.3 Å². The average Bonchev–Trinajstić information content (AvgIpc) is 3.04. The molecule has 1 N–H and O–H groups in total. The highest BCUT2D eigenvalue weighted by Crippen LogP contribution is 2.09. The minimum absolute atomic E-state index is 0.164. The topological polar surface area (TPSA) is 72.2 Å².